The van der Waals surface area contributed by atoms with Gasteiger partial charge >= 0.3 is 0 Å². The van der Waals surface area contributed by atoms with E-state index in [1.807, 2.05) is 0 Å². The van der Waals surface area contributed by atoms with Crippen molar-refractivity contribution in [2.45, 2.75) is 0 Å². The molecule has 0 amide bonds. The van der Waals surface area contributed by atoms with Crippen molar-refractivity contribution in [2.24, 2.45) is 0 Å². The van der Waals surface area contributed by atoms with Crippen molar-refractivity contribution in [2.75, 3.05) is 4.90 Å². The summed E-state index contributed by atoms with van der Waals surface area (Å²) in [7, 11) is 0. The molecule has 1 nitrogen and oxygen atoms in total. The number of hydrogen-bond donors (Lipinski definition) is 0. The van der Waals surface area contributed by atoms with Crippen LogP contribution in [-0.2, 0) is 0 Å². The fourth-order valence-corrected chi connectivity index (χ4v) is 9.05. The van der Waals surface area contributed by atoms with Gasteiger partial charge in [-0.15, -0.1) is 0 Å². The Bertz CT molecular complexity index is 3330. The highest BCUT2D eigenvalue weighted by Gasteiger charge is 2.20. The molecular formula is C60H41N. The minimum absolute atomic E-state index is 1.08. The van der Waals surface area contributed by atoms with Gasteiger partial charge in [0.15, 0.2) is 0 Å². The predicted molar refractivity (Wildman–Crippen MR) is 261 cm³/mol. The smallest absolute Gasteiger partial charge is 0.0546 e. The maximum Gasteiger partial charge on any atom is 0.0546 e. The zero-order valence-corrected chi connectivity index (χ0v) is 33.6. The predicted octanol–water partition coefficient (Wildman–Crippen LogP) is 17.0. The molecule has 0 heterocycles. The lowest BCUT2D eigenvalue weighted by Gasteiger charge is -2.29. The minimum Gasteiger partial charge on any atom is -0.310 e. The number of benzene rings is 11. The van der Waals surface area contributed by atoms with Gasteiger partial charge in [0.05, 0.1) is 5.69 Å². The average Bonchev–Trinajstić information content (AvgIpc) is 3.34. The van der Waals surface area contributed by atoms with E-state index in [-0.39, 0.29) is 0 Å². The van der Waals surface area contributed by atoms with Gasteiger partial charge in [0, 0.05) is 16.9 Å². The Labute approximate surface area is 357 Å². The lowest BCUT2D eigenvalue weighted by molar-refractivity contribution is 1.28. The van der Waals surface area contributed by atoms with Gasteiger partial charge in [0.1, 0.15) is 0 Å². The van der Waals surface area contributed by atoms with Crippen LogP contribution < -0.4 is 4.90 Å². The van der Waals surface area contributed by atoms with E-state index in [0.717, 1.165) is 22.6 Å². The molecule has 0 aliphatic carbocycles. The van der Waals surface area contributed by atoms with Crippen molar-refractivity contribution in [3.63, 3.8) is 0 Å². The molecule has 0 unspecified atom stereocenters. The Morgan fingerprint density at radius 2 is 0.689 bits per heavy atom. The van der Waals surface area contributed by atoms with Crippen LogP contribution in [0.25, 0.3) is 88.0 Å². The first kappa shape index (κ1) is 36.1. The van der Waals surface area contributed by atoms with Crippen molar-refractivity contribution >= 4 is 49.4 Å². The van der Waals surface area contributed by atoms with Crippen LogP contribution >= 0.6 is 0 Å². The van der Waals surface area contributed by atoms with Crippen molar-refractivity contribution in [1.29, 1.82) is 0 Å². The summed E-state index contributed by atoms with van der Waals surface area (Å²) in [4.78, 5) is 2.43. The first-order valence-electron chi connectivity index (χ1n) is 21.0. The Morgan fingerprint density at radius 1 is 0.213 bits per heavy atom. The Hall–Kier alpha value is -8.00. The van der Waals surface area contributed by atoms with Gasteiger partial charge in [-0.1, -0.05) is 206 Å². The number of anilines is 3. The van der Waals surface area contributed by atoms with Crippen molar-refractivity contribution in [3.8, 4) is 55.6 Å². The number of nitrogens with zero attached hydrogens (tertiary/aromatic N) is 1. The zero-order chi connectivity index (χ0) is 40.5. The zero-order valence-electron chi connectivity index (χ0n) is 33.6. The van der Waals surface area contributed by atoms with E-state index in [0.29, 0.717) is 0 Å². The second kappa shape index (κ2) is 15.6. The summed E-state index contributed by atoms with van der Waals surface area (Å²) >= 11 is 0. The van der Waals surface area contributed by atoms with E-state index in [2.05, 4.69) is 254 Å². The first-order chi connectivity index (χ1) is 30.2. The minimum atomic E-state index is 1.08. The van der Waals surface area contributed by atoms with Crippen molar-refractivity contribution in [3.05, 3.63) is 249 Å². The molecule has 0 atom stereocenters. The Balaban J connectivity index is 1.08. The first-order valence-corrected chi connectivity index (χ1v) is 21.0. The normalized spacial score (nSPS) is 11.3. The lowest BCUT2D eigenvalue weighted by Crippen LogP contribution is -2.11. The van der Waals surface area contributed by atoms with Crippen LogP contribution in [0.5, 0.6) is 0 Å². The second-order valence-corrected chi connectivity index (χ2v) is 15.7. The van der Waals surface area contributed by atoms with E-state index >= 15 is 0 Å². The molecule has 11 aromatic rings. The summed E-state index contributed by atoms with van der Waals surface area (Å²) in [6, 6.07) is 90.5. The highest BCUT2D eigenvalue weighted by atomic mass is 15.1. The van der Waals surface area contributed by atoms with Gasteiger partial charge in [0.25, 0.3) is 0 Å². The van der Waals surface area contributed by atoms with Gasteiger partial charge in [0.2, 0.25) is 0 Å². The summed E-state index contributed by atoms with van der Waals surface area (Å²) in [6.45, 7) is 0. The lowest BCUT2D eigenvalue weighted by atomic mass is 9.91. The number of fused-ring (bicyclic) bond motifs is 4. The molecule has 1 heteroatoms. The molecule has 0 bridgehead atoms. The maximum atomic E-state index is 2.43. The van der Waals surface area contributed by atoms with E-state index < -0.39 is 0 Å². The van der Waals surface area contributed by atoms with Crippen LogP contribution in [0.3, 0.4) is 0 Å². The van der Waals surface area contributed by atoms with Gasteiger partial charge in [-0.05, 0) is 125 Å². The molecule has 11 rings (SSSR count). The molecule has 0 radical (unpaired) electrons. The average molecular weight is 776 g/mol. The molecule has 0 saturated carbocycles. The molecule has 0 spiro atoms. The van der Waals surface area contributed by atoms with Crippen LogP contribution in [0.2, 0.25) is 0 Å². The van der Waals surface area contributed by atoms with E-state index in [1.165, 1.54) is 82.4 Å². The van der Waals surface area contributed by atoms with Gasteiger partial charge in [-0.25, -0.2) is 0 Å². The Kier molecular flexibility index (Phi) is 9.26. The molecule has 286 valence electrons. The standard InChI is InChI=1S/C60H41N/c1-3-15-42(16-4-1)43-29-34-51(35-30-43)61(52-36-31-44(32-37-52)47-22-13-23-48(39-47)54-28-14-21-45-19-7-9-24-53(45)54)60-41-50(33-38-56(60)46-17-5-2-6-18-46)59-40-49-20-8-10-25-55(49)57-26-11-12-27-58(57)59/h1-41H. The Morgan fingerprint density at radius 3 is 1.41 bits per heavy atom. The van der Waals surface area contributed by atoms with E-state index in [1.54, 1.807) is 0 Å². The number of hydrogen-bond acceptors (Lipinski definition) is 1. The quantitative estimate of drug-likeness (QED) is 0.139. The molecule has 0 aromatic heterocycles. The van der Waals surface area contributed by atoms with Crippen LogP contribution in [0.1, 0.15) is 0 Å². The molecule has 0 fully saturated rings. The molecule has 0 N–H and O–H groups in total. The van der Waals surface area contributed by atoms with Crippen LogP contribution in [0.15, 0.2) is 249 Å². The molecular weight excluding hydrogens is 735 g/mol. The fourth-order valence-electron chi connectivity index (χ4n) is 9.05. The van der Waals surface area contributed by atoms with Crippen LogP contribution in [0.4, 0.5) is 17.1 Å². The van der Waals surface area contributed by atoms with Crippen molar-refractivity contribution in [1.82, 2.24) is 0 Å². The largest absolute Gasteiger partial charge is 0.310 e. The molecule has 0 aliphatic heterocycles. The third kappa shape index (κ3) is 6.83. The van der Waals surface area contributed by atoms with Crippen LogP contribution in [-0.4, -0.2) is 0 Å². The topological polar surface area (TPSA) is 3.24 Å². The molecule has 0 aliphatic rings. The van der Waals surface area contributed by atoms with Gasteiger partial charge in [-0.2, -0.15) is 0 Å². The van der Waals surface area contributed by atoms with Crippen molar-refractivity contribution < 1.29 is 0 Å². The summed E-state index contributed by atoms with van der Waals surface area (Å²) in [6.07, 6.45) is 0. The second-order valence-electron chi connectivity index (χ2n) is 15.7. The fraction of sp³-hybridized carbons (Fsp3) is 0. The highest BCUT2D eigenvalue weighted by molar-refractivity contribution is 6.14. The summed E-state index contributed by atoms with van der Waals surface area (Å²) in [5.41, 5.74) is 15.2. The third-order valence-electron chi connectivity index (χ3n) is 12.1. The number of rotatable bonds is 8. The molecule has 61 heavy (non-hydrogen) atoms. The summed E-state index contributed by atoms with van der Waals surface area (Å²) < 4.78 is 0. The highest BCUT2D eigenvalue weighted by Crippen LogP contribution is 2.45. The summed E-state index contributed by atoms with van der Waals surface area (Å²) in [5.74, 6) is 0. The molecule has 0 saturated heterocycles. The van der Waals surface area contributed by atoms with Gasteiger partial charge < -0.3 is 4.90 Å². The molecule has 11 aromatic carbocycles. The maximum absolute atomic E-state index is 2.43. The third-order valence-corrected chi connectivity index (χ3v) is 12.1. The monoisotopic (exact) mass is 775 g/mol. The SMILES string of the molecule is c1ccc(-c2ccc(N(c3ccc(-c4cccc(-c5cccc6ccccc56)c4)cc3)c3cc(-c4cc5ccccc5c5ccccc45)ccc3-c3ccccc3)cc2)cc1. The van der Waals surface area contributed by atoms with Gasteiger partial charge in [-0.3, -0.25) is 0 Å². The van der Waals surface area contributed by atoms with E-state index in [9.17, 15) is 0 Å². The van der Waals surface area contributed by atoms with Crippen LogP contribution in [0, 0.1) is 0 Å². The summed E-state index contributed by atoms with van der Waals surface area (Å²) in [5, 5.41) is 7.52. The van der Waals surface area contributed by atoms with E-state index in [4.69, 9.17) is 0 Å².